The number of fused-ring (bicyclic) bond motifs is 1. The van der Waals surface area contributed by atoms with Gasteiger partial charge in [0, 0.05) is 4.83 Å². The van der Waals surface area contributed by atoms with Crippen LogP contribution in [-0.4, -0.2) is 22.8 Å². The summed E-state index contributed by atoms with van der Waals surface area (Å²) in [4.78, 5) is 24.0. The monoisotopic (exact) mass is 396 g/mol. The van der Waals surface area contributed by atoms with E-state index >= 15 is 0 Å². The third-order valence-corrected chi connectivity index (χ3v) is 8.42. The Morgan fingerprint density at radius 1 is 1.38 bits per heavy atom. The number of nitrogens with one attached hydrogen (secondary N) is 1. The van der Waals surface area contributed by atoms with Crippen LogP contribution in [0.25, 0.3) is 0 Å². The Morgan fingerprint density at radius 2 is 2.04 bits per heavy atom. The molecule has 1 amide bonds. The number of ether oxygens (including phenoxy) is 1. The number of nitro groups is 1. The fraction of sp³-hybridized carbons (Fsp3) is 0.588. The first-order chi connectivity index (χ1) is 11.1. The maximum absolute atomic E-state index is 13.1. The number of alkyl halides is 1. The lowest BCUT2D eigenvalue weighted by Crippen LogP contribution is -2.68. The van der Waals surface area contributed by atoms with E-state index in [1.54, 1.807) is 6.07 Å². The summed E-state index contributed by atoms with van der Waals surface area (Å²) in [5, 5.41) is 14.1. The van der Waals surface area contributed by atoms with Crippen molar-refractivity contribution in [3.63, 3.8) is 0 Å². The Morgan fingerprint density at radius 3 is 2.50 bits per heavy atom. The van der Waals surface area contributed by atoms with E-state index in [-0.39, 0.29) is 32.9 Å². The first kappa shape index (κ1) is 17.2. The number of halogens is 1. The predicted octanol–water partition coefficient (Wildman–Crippen LogP) is 4.13. The van der Waals surface area contributed by atoms with Crippen molar-refractivity contribution in [1.82, 2.24) is 0 Å². The van der Waals surface area contributed by atoms with Gasteiger partial charge in [0.05, 0.1) is 23.5 Å². The minimum atomic E-state index is -0.546. The quantitative estimate of drug-likeness (QED) is 0.471. The van der Waals surface area contributed by atoms with E-state index in [2.05, 4.69) is 42.0 Å². The van der Waals surface area contributed by atoms with E-state index in [9.17, 15) is 14.9 Å². The molecule has 0 radical (unpaired) electrons. The molecule has 0 aromatic heterocycles. The molecule has 24 heavy (non-hydrogen) atoms. The van der Waals surface area contributed by atoms with E-state index in [1.165, 1.54) is 19.2 Å². The van der Waals surface area contributed by atoms with Crippen LogP contribution in [0.3, 0.4) is 0 Å². The van der Waals surface area contributed by atoms with Crippen LogP contribution in [0, 0.1) is 26.4 Å². The van der Waals surface area contributed by atoms with Crippen LogP contribution in [0.5, 0.6) is 5.75 Å². The number of amides is 1. The average molecular weight is 397 g/mol. The Kier molecular flexibility index (Phi) is 3.71. The van der Waals surface area contributed by atoms with Crippen LogP contribution in [-0.2, 0) is 4.79 Å². The highest BCUT2D eigenvalue weighted by Crippen LogP contribution is 2.79. The van der Waals surface area contributed by atoms with Gasteiger partial charge >= 0.3 is 0 Å². The van der Waals surface area contributed by atoms with Crippen molar-refractivity contribution in [2.24, 2.45) is 16.2 Å². The van der Waals surface area contributed by atoms with Crippen LogP contribution < -0.4 is 10.1 Å². The number of nitrogens with zero attached hydrogens (tertiary/aromatic N) is 1. The fourth-order valence-corrected chi connectivity index (χ4v) is 6.40. The maximum Gasteiger partial charge on any atom is 0.296 e. The lowest BCUT2D eigenvalue weighted by Gasteiger charge is -2.64. The Labute approximate surface area is 149 Å². The number of rotatable bonds is 4. The molecule has 3 unspecified atom stereocenters. The summed E-state index contributed by atoms with van der Waals surface area (Å²) in [5.74, 6) is 0.228. The van der Waals surface area contributed by atoms with Crippen molar-refractivity contribution in [2.45, 2.75) is 38.4 Å². The standard InChI is InChI=1S/C17H21BrN2O4/c1-15(2)16(3)7-8-17(15,13(16)18)14(21)19-11-6-5-10(24-4)9-12(11)20(22)23/h5-6,9,13H,7-8H2,1-4H3,(H,19,21). The molecule has 1 N–H and O–H groups in total. The number of hydrogen-bond acceptors (Lipinski definition) is 4. The van der Waals surface area contributed by atoms with Gasteiger partial charge in [-0.15, -0.1) is 0 Å². The van der Waals surface area contributed by atoms with Gasteiger partial charge in [0.2, 0.25) is 5.91 Å². The molecule has 2 bridgehead atoms. The summed E-state index contributed by atoms with van der Waals surface area (Å²) >= 11 is 3.71. The second-order valence-corrected chi connectivity index (χ2v) is 8.39. The zero-order valence-corrected chi connectivity index (χ0v) is 15.8. The fourth-order valence-electron chi connectivity index (χ4n) is 4.59. The number of methoxy groups -OCH3 is 1. The zero-order chi connectivity index (χ0) is 17.9. The van der Waals surface area contributed by atoms with Crippen LogP contribution in [0.4, 0.5) is 11.4 Å². The molecule has 3 aliphatic rings. The third-order valence-electron chi connectivity index (χ3n) is 6.63. The Hall–Kier alpha value is -1.63. The van der Waals surface area contributed by atoms with Gasteiger partial charge in [0.25, 0.3) is 5.69 Å². The molecule has 1 aromatic rings. The summed E-state index contributed by atoms with van der Waals surface area (Å²) < 4.78 is 5.03. The molecule has 1 aromatic carbocycles. The molecule has 3 fully saturated rings. The van der Waals surface area contributed by atoms with Crippen molar-refractivity contribution < 1.29 is 14.5 Å². The largest absolute Gasteiger partial charge is 0.496 e. The Balaban J connectivity index is 1.93. The number of anilines is 1. The molecule has 3 aliphatic carbocycles. The van der Waals surface area contributed by atoms with Crippen LogP contribution >= 0.6 is 15.9 Å². The average Bonchev–Trinajstić information content (AvgIpc) is 2.94. The lowest BCUT2D eigenvalue weighted by atomic mass is 9.43. The van der Waals surface area contributed by atoms with Crippen molar-refractivity contribution >= 4 is 33.2 Å². The molecule has 6 nitrogen and oxygen atoms in total. The molecule has 3 atom stereocenters. The van der Waals surface area contributed by atoms with Crippen LogP contribution in [0.2, 0.25) is 0 Å². The molecule has 7 heteroatoms. The lowest BCUT2D eigenvalue weighted by molar-refractivity contribution is -0.384. The summed E-state index contributed by atoms with van der Waals surface area (Å²) in [6.07, 6.45) is 1.75. The second kappa shape index (κ2) is 5.18. The molecule has 0 saturated heterocycles. The molecular weight excluding hydrogens is 376 g/mol. The third kappa shape index (κ3) is 1.84. The molecule has 0 aliphatic heterocycles. The normalized spacial score (nSPS) is 32.8. The van der Waals surface area contributed by atoms with Gasteiger partial charge in [-0.1, -0.05) is 36.7 Å². The first-order valence-corrected chi connectivity index (χ1v) is 8.81. The molecule has 0 spiro atoms. The minimum Gasteiger partial charge on any atom is -0.496 e. The van der Waals surface area contributed by atoms with Gasteiger partial charge in [0.1, 0.15) is 11.4 Å². The van der Waals surface area contributed by atoms with E-state index in [4.69, 9.17) is 4.74 Å². The van der Waals surface area contributed by atoms with Crippen LogP contribution in [0.15, 0.2) is 18.2 Å². The number of carbonyl (C=O) groups is 1. The first-order valence-electron chi connectivity index (χ1n) is 7.90. The van der Waals surface area contributed by atoms with Gasteiger partial charge in [-0.3, -0.25) is 14.9 Å². The van der Waals surface area contributed by atoms with Crippen molar-refractivity contribution in [2.75, 3.05) is 12.4 Å². The molecular formula is C17H21BrN2O4. The summed E-state index contributed by atoms with van der Waals surface area (Å²) in [6, 6.07) is 4.45. The highest BCUT2D eigenvalue weighted by molar-refractivity contribution is 9.09. The molecule has 4 rings (SSSR count). The minimum absolute atomic E-state index is 0.0657. The topological polar surface area (TPSA) is 81.5 Å². The van der Waals surface area contributed by atoms with Crippen molar-refractivity contribution in [1.29, 1.82) is 0 Å². The van der Waals surface area contributed by atoms with Gasteiger partial charge in [-0.2, -0.15) is 0 Å². The predicted molar refractivity (Wildman–Crippen MR) is 94.5 cm³/mol. The number of nitro benzene ring substituents is 1. The zero-order valence-electron chi connectivity index (χ0n) is 14.2. The van der Waals surface area contributed by atoms with E-state index in [0.29, 0.717) is 5.75 Å². The number of hydrogen-bond donors (Lipinski definition) is 1. The Bertz CT molecular complexity index is 735. The second-order valence-electron chi connectivity index (χ2n) is 7.47. The maximum atomic E-state index is 13.1. The number of benzene rings is 1. The van der Waals surface area contributed by atoms with Crippen molar-refractivity contribution in [3.05, 3.63) is 28.3 Å². The summed E-state index contributed by atoms with van der Waals surface area (Å²) in [5.41, 5.74) is -0.607. The highest BCUT2D eigenvalue weighted by atomic mass is 79.9. The van der Waals surface area contributed by atoms with Crippen LogP contribution in [0.1, 0.15) is 33.6 Å². The summed E-state index contributed by atoms with van der Waals surface area (Å²) in [7, 11) is 1.45. The highest BCUT2D eigenvalue weighted by Gasteiger charge is 2.80. The summed E-state index contributed by atoms with van der Waals surface area (Å²) in [6.45, 7) is 6.42. The van der Waals surface area contributed by atoms with Gasteiger partial charge in [-0.25, -0.2) is 0 Å². The molecule has 3 saturated carbocycles. The molecule has 130 valence electrons. The SMILES string of the molecule is COc1ccc(NC(=O)C23CCC(C)(C2Br)C3(C)C)c([N+](=O)[O-])c1. The van der Waals surface area contributed by atoms with E-state index in [1.807, 2.05) is 0 Å². The van der Waals surface area contributed by atoms with Gasteiger partial charge in [-0.05, 0) is 35.8 Å². The molecule has 0 heterocycles. The van der Waals surface area contributed by atoms with Crippen molar-refractivity contribution in [3.8, 4) is 5.75 Å². The van der Waals surface area contributed by atoms with Gasteiger partial charge < -0.3 is 10.1 Å². The smallest absolute Gasteiger partial charge is 0.296 e. The van der Waals surface area contributed by atoms with E-state index < -0.39 is 10.3 Å². The van der Waals surface area contributed by atoms with E-state index in [0.717, 1.165) is 12.8 Å². The van der Waals surface area contributed by atoms with Gasteiger partial charge in [0.15, 0.2) is 0 Å². The number of carbonyl (C=O) groups excluding carboxylic acids is 1.